The molecule has 0 bridgehead atoms. The van der Waals surface area contributed by atoms with Crippen molar-refractivity contribution in [1.82, 2.24) is 5.32 Å². The molecule has 21 heavy (non-hydrogen) atoms. The summed E-state index contributed by atoms with van der Waals surface area (Å²) in [5.41, 5.74) is 1.13. The van der Waals surface area contributed by atoms with Crippen molar-refractivity contribution in [3.05, 3.63) is 57.5 Å². The van der Waals surface area contributed by atoms with E-state index in [9.17, 15) is 0 Å². The monoisotopic (exact) mass is 367 g/mol. The highest BCUT2D eigenvalue weighted by Gasteiger charge is 2.12. The molecule has 1 unspecified atom stereocenters. The highest BCUT2D eigenvalue weighted by molar-refractivity contribution is 9.10. The predicted molar refractivity (Wildman–Crippen MR) is 92.4 cm³/mol. The molecule has 2 nitrogen and oxygen atoms in total. The standard InChI is InChI=1S/C17H19BrClNO/c1-3-10-20-12(2)16-11-13(18)4-9-17(16)21-15-7-5-14(19)6-8-15/h4-9,11-12,20H,3,10H2,1-2H3. The molecule has 0 heterocycles. The van der Waals surface area contributed by atoms with Crippen LogP contribution in [0.15, 0.2) is 46.9 Å². The van der Waals surface area contributed by atoms with Gasteiger partial charge in [0.15, 0.2) is 0 Å². The molecule has 0 spiro atoms. The third-order valence-electron chi connectivity index (χ3n) is 3.18. The molecule has 112 valence electrons. The van der Waals surface area contributed by atoms with E-state index in [2.05, 4.69) is 41.2 Å². The smallest absolute Gasteiger partial charge is 0.132 e. The fourth-order valence-corrected chi connectivity index (χ4v) is 2.56. The van der Waals surface area contributed by atoms with Crippen LogP contribution in [0.4, 0.5) is 0 Å². The minimum Gasteiger partial charge on any atom is -0.457 e. The van der Waals surface area contributed by atoms with Gasteiger partial charge in [0.1, 0.15) is 11.5 Å². The highest BCUT2D eigenvalue weighted by Crippen LogP contribution is 2.32. The van der Waals surface area contributed by atoms with Crippen LogP contribution in [0.2, 0.25) is 5.02 Å². The number of halogens is 2. The molecule has 4 heteroatoms. The van der Waals surface area contributed by atoms with Gasteiger partial charge in [-0.15, -0.1) is 0 Å². The molecule has 2 aromatic carbocycles. The van der Waals surface area contributed by atoms with Crippen LogP contribution in [0.25, 0.3) is 0 Å². The Balaban J connectivity index is 2.23. The van der Waals surface area contributed by atoms with E-state index < -0.39 is 0 Å². The molecule has 0 aliphatic rings. The zero-order valence-corrected chi connectivity index (χ0v) is 14.5. The summed E-state index contributed by atoms with van der Waals surface area (Å²) >= 11 is 9.43. The summed E-state index contributed by atoms with van der Waals surface area (Å²) in [6.45, 7) is 5.28. The van der Waals surface area contributed by atoms with Gasteiger partial charge in [-0.3, -0.25) is 0 Å². The second-order valence-electron chi connectivity index (χ2n) is 4.91. The topological polar surface area (TPSA) is 21.3 Å². The highest BCUT2D eigenvalue weighted by atomic mass is 79.9. The summed E-state index contributed by atoms with van der Waals surface area (Å²) in [4.78, 5) is 0. The number of ether oxygens (including phenoxy) is 1. The molecule has 0 fully saturated rings. The molecule has 1 atom stereocenters. The van der Waals surface area contributed by atoms with Crippen LogP contribution in [-0.4, -0.2) is 6.54 Å². The van der Waals surface area contributed by atoms with Gasteiger partial charge in [-0.25, -0.2) is 0 Å². The Labute approximate surface area is 139 Å². The van der Waals surface area contributed by atoms with Gasteiger partial charge in [0.25, 0.3) is 0 Å². The normalized spacial score (nSPS) is 12.2. The third kappa shape index (κ3) is 4.73. The number of nitrogens with one attached hydrogen (secondary N) is 1. The summed E-state index contributed by atoms with van der Waals surface area (Å²) < 4.78 is 7.05. The Hall–Kier alpha value is -1.03. The van der Waals surface area contributed by atoms with Crippen LogP contribution in [0.5, 0.6) is 11.5 Å². The molecule has 0 aliphatic heterocycles. The predicted octanol–water partition coefficient (Wildman–Crippen LogP) is 5.96. The van der Waals surface area contributed by atoms with Gasteiger partial charge in [0, 0.05) is 21.1 Å². The Morgan fingerprint density at radius 2 is 1.90 bits per heavy atom. The van der Waals surface area contributed by atoms with E-state index in [1.807, 2.05) is 36.4 Å². The lowest BCUT2D eigenvalue weighted by atomic mass is 10.1. The molecule has 0 saturated carbocycles. The van der Waals surface area contributed by atoms with Crippen LogP contribution in [-0.2, 0) is 0 Å². The lowest BCUT2D eigenvalue weighted by Gasteiger charge is -2.18. The lowest BCUT2D eigenvalue weighted by molar-refractivity contribution is 0.461. The first-order valence-electron chi connectivity index (χ1n) is 7.06. The van der Waals surface area contributed by atoms with E-state index in [4.69, 9.17) is 16.3 Å². The van der Waals surface area contributed by atoms with Gasteiger partial charge < -0.3 is 10.1 Å². The van der Waals surface area contributed by atoms with Crippen molar-refractivity contribution < 1.29 is 4.74 Å². The van der Waals surface area contributed by atoms with Crippen molar-refractivity contribution in [3.63, 3.8) is 0 Å². The molecule has 2 rings (SSSR count). The van der Waals surface area contributed by atoms with Crippen LogP contribution < -0.4 is 10.1 Å². The van der Waals surface area contributed by atoms with E-state index >= 15 is 0 Å². The van der Waals surface area contributed by atoms with Crippen LogP contribution in [0.1, 0.15) is 31.9 Å². The van der Waals surface area contributed by atoms with Crippen LogP contribution in [0.3, 0.4) is 0 Å². The maximum Gasteiger partial charge on any atom is 0.132 e. The van der Waals surface area contributed by atoms with Crippen LogP contribution in [0, 0.1) is 0 Å². The molecule has 0 saturated heterocycles. The van der Waals surface area contributed by atoms with Crippen molar-refractivity contribution in [2.75, 3.05) is 6.54 Å². The average molecular weight is 369 g/mol. The fraction of sp³-hybridized carbons (Fsp3) is 0.294. The third-order valence-corrected chi connectivity index (χ3v) is 3.93. The van der Waals surface area contributed by atoms with Gasteiger partial charge in [0.2, 0.25) is 0 Å². The van der Waals surface area contributed by atoms with Gasteiger partial charge in [-0.2, -0.15) is 0 Å². The Kier molecular flexibility index (Phi) is 6.09. The molecular formula is C17H19BrClNO. The minimum absolute atomic E-state index is 0.227. The molecule has 0 aliphatic carbocycles. The molecule has 1 N–H and O–H groups in total. The Morgan fingerprint density at radius 1 is 1.19 bits per heavy atom. The first kappa shape index (κ1) is 16.3. The minimum atomic E-state index is 0.227. The second-order valence-corrected chi connectivity index (χ2v) is 6.27. The van der Waals surface area contributed by atoms with Gasteiger partial charge in [-0.05, 0) is 62.4 Å². The molecule has 0 aromatic heterocycles. The number of benzene rings is 2. The van der Waals surface area contributed by atoms with Crippen LogP contribution >= 0.6 is 27.5 Å². The van der Waals surface area contributed by atoms with E-state index in [1.54, 1.807) is 0 Å². The summed E-state index contributed by atoms with van der Waals surface area (Å²) in [5, 5.41) is 4.19. The summed E-state index contributed by atoms with van der Waals surface area (Å²) in [6, 6.07) is 13.7. The average Bonchev–Trinajstić information content (AvgIpc) is 2.49. The fourth-order valence-electron chi connectivity index (χ4n) is 2.05. The van der Waals surface area contributed by atoms with Gasteiger partial charge >= 0.3 is 0 Å². The maximum absolute atomic E-state index is 6.00. The SMILES string of the molecule is CCCNC(C)c1cc(Br)ccc1Oc1ccc(Cl)cc1. The van der Waals surface area contributed by atoms with Crippen molar-refractivity contribution in [2.24, 2.45) is 0 Å². The maximum atomic E-state index is 6.00. The Bertz CT molecular complexity index is 586. The van der Waals surface area contributed by atoms with E-state index in [1.165, 1.54) is 0 Å². The first-order valence-corrected chi connectivity index (χ1v) is 8.23. The number of hydrogen-bond donors (Lipinski definition) is 1. The molecule has 0 amide bonds. The lowest BCUT2D eigenvalue weighted by Crippen LogP contribution is -2.19. The first-order chi connectivity index (χ1) is 10.1. The van der Waals surface area contributed by atoms with Crippen molar-refractivity contribution in [2.45, 2.75) is 26.3 Å². The second kappa shape index (κ2) is 7.83. The van der Waals surface area contributed by atoms with E-state index in [-0.39, 0.29) is 6.04 Å². The van der Waals surface area contributed by atoms with E-state index in [0.29, 0.717) is 5.02 Å². The van der Waals surface area contributed by atoms with Gasteiger partial charge in [0.05, 0.1) is 0 Å². The summed E-state index contributed by atoms with van der Waals surface area (Å²) in [7, 11) is 0. The zero-order valence-electron chi connectivity index (χ0n) is 12.2. The van der Waals surface area contributed by atoms with Crippen molar-refractivity contribution in [3.8, 4) is 11.5 Å². The van der Waals surface area contributed by atoms with Gasteiger partial charge in [-0.1, -0.05) is 34.5 Å². The summed E-state index contributed by atoms with van der Waals surface area (Å²) in [6.07, 6.45) is 1.10. The molecule has 0 radical (unpaired) electrons. The van der Waals surface area contributed by atoms with Crippen molar-refractivity contribution in [1.29, 1.82) is 0 Å². The number of rotatable bonds is 6. The molecule has 2 aromatic rings. The van der Waals surface area contributed by atoms with E-state index in [0.717, 1.165) is 34.5 Å². The zero-order chi connectivity index (χ0) is 15.2. The quantitative estimate of drug-likeness (QED) is 0.679. The van der Waals surface area contributed by atoms with Crippen molar-refractivity contribution >= 4 is 27.5 Å². The Morgan fingerprint density at radius 3 is 2.57 bits per heavy atom. The number of hydrogen-bond acceptors (Lipinski definition) is 2. The summed E-state index contributed by atoms with van der Waals surface area (Å²) in [5.74, 6) is 1.64. The largest absolute Gasteiger partial charge is 0.457 e. The molecular weight excluding hydrogens is 350 g/mol.